The number of anilines is 1. The summed E-state index contributed by atoms with van der Waals surface area (Å²) in [5.74, 6) is 1.54. The van der Waals surface area contributed by atoms with E-state index in [-0.39, 0.29) is 12.5 Å². The molecule has 0 bridgehead atoms. The van der Waals surface area contributed by atoms with Crippen LogP contribution in [-0.2, 0) is 17.6 Å². The minimum absolute atomic E-state index is 0.115. The number of aryl methyl sites for hydroxylation is 2. The molecule has 0 spiro atoms. The van der Waals surface area contributed by atoms with Crippen molar-refractivity contribution in [3.63, 3.8) is 0 Å². The number of benzene rings is 2. The maximum Gasteiger partial charge on any atom is 0.262 e. The van der Waals surface area contributed by atoms with Gasteiger partial charge in [-0.3, -0.25) is 4.79 Å². The van der Waals surface area contributed by atoms with Crippen molar-refractivity contribution in [1.82, 2.24) is 0 Å². The van der Waals surface area contributed by atoms with Crippen LogP contribution in [0.1, 0.15) is 44.4 Å². The van der Waals surface area contributed by atoms with Crippen molar-refractivity contribution in [2.24, 2.45) is 0 Å². The third-order valence-corrected chi connectivity index (χ3v) is 4.96. The van der Waals surface area contributed by atoms with Gasteiger partial charge in [-0.1, -0.05) is 38.1 Å². The number of carbonyl (C=O) groups excluding carboxylic acids is 1. The van der Waals surface area contributed by atoms with Gasteiger partial charge in [0, 0.05) is 17.3 Å². The first kappa shape index (κ1) is 20.8. The Morgan fingerprint density at radius 2 is 1.79 bits per heavy atom. The third-order valence-electron chi connectivity index (χ3n) is 4.96. The van der Waals surface area contributed by atoms with Crippen LogP contribution in [0, 0.1) is 0 Å². The minimum atomic E-state index is -0.392. The molecule has 1 heterocycles. The van der Waals surface area contributed by atoms with Gasteiger partial charge in [-0.15, -0.1) is 0 Å². The van der Waals surface area contributed by atoms with E-state index in [1.165, 1.54) is 0 Å². The summed E-state index contributed by atoms with van der Waals surface area (Å²) in [5, 5.41) is 3.02. The van der Waals surface area contributed by atoms with Gasteiger partial charge >= 0.3 is 0 Å². The maximum atomic E-state index is 12.6. The summed E-state index contributed by atoms with van der Waals surface area (Å²) in [6.07, 6.45) is 5.71. The maximum absolute atomic E-state index is 12.6. The van der Waals surface area contributed by atoms with Crippen LogP contribution in [0.4, 0.5) is 5.69 Å². The Morgan fingerprint density at radius 1 is 1.10 bits per heavy atom. The number of fused-ring (bicyclic) bond motifs is 1. The lowest BCUT2D eigenvalue weighted by atomic mass is 10.0. The Morgan fingerprint density at radius 3 is 2.41 bits per heavy atom. The van der Waals surface area contributed by atoms with Gasteiger partial charge in [0.2, 0.25) is 0 Å². The van der Waals surface area contributed by atoms with E-state index in [1.807, 2.05) is 50.3 Å². The Kier molecular flexibility index (Phi) is 6.16. The number of ether oxygens (including phenoxy) is 3. The number of nitrogens with one attached hydrogen (secondary N) is 1. The molecule has 5 nitrogen and oxygen atoms in total. The summed E-state index contributed by atoms with van der Waals surface area (Å²) < 4.78 is 17.2. The number of hydrogen-bond acceptors (Lipinski definition) is 4. The minimum Gasteiger partial charge on any atom is -0.493 e. The number of carbonyl (C=O) groups is 1. The molecule has 2 aromatic rings. The highest BCUT2D eigenvalue weighted by molar-refractivity contribution is 5.93. The molecule has 0 aromatic heterocycles. The van der Waals surface area contributed by atoms with Crippen LogP contribution in [-0.4, -0.2) is 25.2 Å². The number of para-hydroxylation sites is 1. The van der Waals surface area contributed by atoms with Gasteiger partial charge < -0.3 is 19.5 Å². The second-order valence-corrected chi connectivity index (χ2v) is 7.57. The topological polar surface area (TPSA) is 56.8 Å². The molecule has 0 unspecified atom stereocenters. The molecule has 0 atom stereocenters. The predicted molar refractivity (Wildman–Crippen MR) is 116 cm³/mol. The fraction of sp³-hybridized carbons (Fsp3) is 0.375. The van der Waals surface area contributed by atoms with Gasteiger partial charge in [0.1, 0.15) is 11.4 Å². The van der Waals surface area contributed by atoms with E-state index in [0.717, 1.165) is 35.2 Å². The van der Waals surface area contributed by atoms with Crippen molar-refractivity contribution in [1.29, 1.82) is 0 Å². The molecule has 0 aliphatic carbocycles. The SMILES string of the molecule is CCc1cccc(CC)c1NC(=O)COc1cc2c(cc1OC)C=CC(C)(C)O2. The van der Waals surface area contributed by atoms with Crippen LogP contribution >= 0.6 is 0 Å². The van der Waals surface area contributed by atoms with E-state index in [0.29, 0.717) is 17.2 Å². The summed E-state index contributed by atoms with van der Waals surface area (Å²) in [6.45, 7) is 8.02. The van der Waals surface area contributed by atoms with Crippen LogP contribution in [0.2, 0.25) is 0 Å². The van der Waals surface area contributed by atoms with E-state index >= 15 is 0 Å². The third kappa shape index (κ3) is 4.73. The largest absolute Gasteiger partial charge is 0.493 e. The summed E-state index contributed by atoms with van der Waals surface area (Å²) in [4.78, 5) is 12.6. The number of hydrogen-bond donors (Lipinski definition) is 1. The fourth-order valence-corrected chi connectivity index (χ4v) is 3.38. The molecule has 3 rings (SSSR count). The quantitative estimate of drug-likeness (QED) is 0.715. The van der Waals surface area contributed by atoms with Gasteiger partial charge in [0.15, 0.2) is 18.1 Å². The lowest BCUT2D eigenvalue weighted by Gasteiger charge is -2.28. The van der Waals surface area contributed by atoms with Crippen LogP contribution < -0.4 is 19.5 Å². The van der Waals surface area contributed by atoms with E-state index in [1.54, 1.807) is 13.2 Å². The second-order valence-electron chi connectivity index (χ2n) is 7.57. The molecule has 1 N–H and O–H groups in total. The van der Waals surface area contributed by atoms with Gasteiger partial charge in [-0.05, 0) is 50.0 Å². The molecule has 2 aromatic carbocycles. The standard InChI is InChI=1S/C24H29NO4/c1-6-16-9-8-10-17(7-2)23(16)25-22(26)15-28-21-14-19-18(13-20(21)27-5)11-12-24(3,4)29-19/h8-14H,6-7,15H2,1-5H3,(H,25,26). The lowest BCUT2D eigenvalue weighted by Crippen LogP contribution is -2.27. The highest BCUT2D eigenvalue weighted by atomic mass is 16.5. The van der Waals surface area contributed by atoms with Gasteiger partial charge in [0.05, 0.1) is 7.11 Å². The van der Waals surface area contributed by atoms with Crippen LogP contribution in [0.5, 0.6) is 17.2 Å². The average molecular weight is 395 g/mol. The summed E-state index contributed by atoms with van der Waals surface area (Å²) >= 11 is 0. The van der Waals surface area contributed by atoms with Crippen LogP contribution in [0.25, 0.3) is 6.08 Å². The van der Waals surface area contributed by atoms with Crippen molar-refractivity contribution >= 4 is 17.7 Å². The summed E-state index contributed by atoms with van der Waals surface area (Å²) in [6, 6.07) is 9.74. The van der Waals surface area contributed by atoms with Crippen molar-refractivity contribution in [2.75, 3.05) is 19.0 Å². The first-order valence-electron chi connectivity index (χ1n) is 10.0. The highest BCUT2D eigenvalue weighted by Gasteiger charge is 2.24. The fourth-order valence-electron chi connectivity index (χ4n) is 3.38. The molecule has 0 saturated carbocycles. The van der Waals surface area contributed by atoms with Crippen molar-refractivity contribution in [2.45, 2.75) is 46.1 Å². The predicted octanol–water partition coefficient (Wildman–Crippen LogP) is 5.02. The highest BCUT2D eigenvalue weighted by Crippen LogP contribution is 2.39. The van der Waals surface area contributed by atoms with E-state index in [4.69, 9.17) is 14.2 Å². The molecule has 0 saturated heterocycles. The molecule has 5 heteroatoms. The monoisotopic (exact) mass is 395 g/mol. The molecule has 29 heavy (non-hydrogen) atoms. The Balaban J connectivity index is 1.75. The zero-order chi connectivity index (χ0) is 21.0. The smallest absolute Gasteiger partial charge is 0.262 e. The number of rotatable bonds is 7. The van der Waals surface area contributed by atoms with Crippen molar-refractivity contribution in [3.05, 3.63) is 53.1 Å². The zero-order valence-electron chi connectivity index (χ0n) is 17.8. The number of amides is 1. The Labute approximate surface area is 172 Å². The van der Waals surface area contributed by atoms with Crippen molar-refractivity contribution < 1.29 is 19.0 Å². The van der Waals surface area contributed by atoms with E-state index in [9.17, 15) is 4.79 Å². The van der Waals surface area contributed by atoms with Gasteiger partial charge in [-0.25, -0.2) is 0 Å². The average Bonchev–Trinajstić information content (AvgIpc) is 2.71. The summed E-state index contributed by atoms with van der Waals surface area (Å²) in [5.41, 5.74) is 3.65. The molecular weight excluding hydrogens is 366 g/mol. The Hall–Kier alpha value is -2.95. The molecule has 1 aliphatic heterocycles. The first-order chi connectivity index (χ1) is 13.9. The Bertz CT molecular complexity index is 908. The van der Waals surface area contributed by atoms with E-state index in [2.05, 4.69) is 19.2 Å². The number of methoxy groups -OCH3 is 1. The normalized spacial score (nSPS) is 14.0. The first-order valence-corrected chi connectivity index (χ1v) is 10.0. The molecule has 1 amide bonds. The van der Waals surface area contributed by atoms with E-state index < -0.39 is 5.60 Å². The van der Waals surface area contributed by atoms with Crippen LogP contribution in [0.3, 0.4) is 0 Å². The molecule has 0 fully saturated rings. The zero-order valence-corrected chi connectivity index (χ0v) is 17.8. The van der Waals surface area contributed by atoms with Crippen LogP contribution in [0.15, 0.2) is 36.4 Å². The molecule has 154 valence electrons. The second kappa shape index (κ2) is 8.60. The molecule has 0 radical (unpaired) electrons. The van der Waals surface area contributed by atoms with Crippen molar-refractivity contribution in [3.8, 4) is 17.2 Å². The van der Waals surface area contributed by atoms with Gasteiger partial charge in [-0.2, -0.15) is 0 Å². The van der Waals surface area contributed by atoms with Gasteiger partial charge in [0.25, 0.3) is 5.91 Å². The lowest BCUT2D eigenvalue weighted by molar-refractivity contribution is -0.118. The molecule has 1 aliphatic rings. The summed E-state index contributed by atoms with van der Waals surface area (Å²) in [7, 11) is 1.58. The molecular formula is C24H29NO4.